The molecule has 0 amide bonds. The summed E-state index contributed by atoms with van der Waals surface area (Å²) >= 11 is 0. The quantitative estimate of drug-likeness (QED) is 0.299. The summed E-state index contributed by atoms with van der Waals surface area (Å²) in [6.45, 7) is 10.6. The smallest absolute Gasteiger partial charge is 0.302 e. The van der Waals surface area contributed by atoms with E-state index in [1.807, 2.05) is 0 Å². The molecule has 4 aliphatic rings. The van der Waals surface area contributed by atoms with Crippen molar-refractivity contribution in [3.63, 3.8) is 0 Å². The molecule has 0 spiro atoms. The molecular formula is C40H52O4. The first-order valence-corrected chi connectivity index (χ1v) is 17.3. The number of ether oxygens (including phenoxy) is 2. The highest BCUT2D eigenvalue weighted by atomic mass is 16.5. The fraction of sp³-hybridized carbons (Fsp3) is 0.600. The van der Waals surface area contributed by atoms with Gasteiger partial charge in [-0.2, -0.15) is 0 Å². The third kappa shape index (κ3) is 5.67. The Morgan fingerprint density at radius 3 is 2.07 bits per heavy atom. The Bertz CT molecular complexity index is 1310. The van der Waals surface area contributed by atoms with Gasteiger partial charge in [-0.25, -0.2) is 0 Å². The maximum Gasteiger partial charge on any atom is 0.302 e. The van der Waals surface area contributed by atoms with Gasteiger partial charge in [0.25, 0.3) is 0 Å². The normalized spacial score (nSPS) is 36.6. The molecule has 0 radical (unpaired) electrons. The lowest BCUT2D eigenvalue weighted by Crippen LogP contribution is -2.59. The molecule has 0 N–H and O–H groups in total. The van der Waals surface area contributed by atoms with Crippen LogP contribution in [-0.2, 0) is 19.1 Å². The van der Waals surface area contributed by atoms with Crippen molar-refractivity contribution >= 4 is 17.5 Å². The molecule has 4 saturated carbocycles. The molecule has 44 heavy (non-hydrogen) atoms. The monoisotopic (exact) mass is 596 g/mol. The van der Waals surface area contributed by atoms with Crippen LogP contribution in [0.15, 0.2) is 66.7 Å². The first-order valence-electron chi connectivity index (χ1n) is 17.3. The van der Waals surface area contributed by atoms with Crippen LogP contribution in [0.25, 0.3) is 5.57 Å². The van der Waals surface area contributed by atoms with E-state index < -0.39 is 0 Å². The molecule has 4 aliphatic carbocycles. The van der Waals surface area contributed by atoms with Crippen molar-refractivity contribution in [1.29, 1.82) is 0 Å². The van der Waals surface area contributed by atoms with Crippen LogP contribution >= 0.6 is 0 Å². The zero-order chi connectivity index (χ0) is 31.1. The second-order valence-corrected chi connectivity index (χ2v) is 15.1. The van der Waals surface area contributed by atoms with E-state index >= 15 is 0 Å². The summed E-state index contributed by atoms with van der Waals surface area (Å²) in [7, 11) is 0. The molecule has 0 heterocycles. The van der Waals surface area contributed by atoms with Crippen molar-refractivity contribution in [2.45, 2.75) is 105 Å². The second-order valence-electron chi connectivity index (χ2n) is 15.1. The van der Waals surface area contributed by atoms with Gasteiger partial charge in [0.1, 0.15) is 12.2 Å². The standard InChI is InChI=1S/C40H52O4/c1-26(16-18-33(29-12-8-6-9-13-29)30-14-10-7-11-15-30)35-20-21-36-34-19-17-31-24-32(43-27(2)41)22-23-39(31,4)37(34)25-38(40(35,36)5)44-28(3)42/h6-15,18,26,31-32,34-38H,16-17,19-25H2,1-5H3/t26-,31?,32?,34+,35-,36+,37+,38?,39+,40-/m1/s1. The van der Waals surface area contributed by atoms with Crippen LogP contribution in [0.3, 0.4) is 0 Å². The first-order chi connectivity index (χ1) is 21.1. The number of hydrogen-bond acceptors (Lipinski definition) is 4. The van der Waals surface area contributed by atoms with Gasteiger partial charge in [-0.15, -0.1) is 0 Å². The van der Waals surface area contributed by atoms with Gasteiger partial charge in [-0.1, -0.05) is 87.5 Å². The summed E-state index contributed by atoms with van der Waals surface area (Å²) in [5, 5.41) is 0. The van der Waals surface area contributed by atoms with E-state index in [-0.39, 0.29) is 35.0 Å². The van der Waals surface area contributed by atoms with Gasteiger partial charge < -0.3 is 9.47 Å². The van der Waals surface area contributed by atoms with Crippen LogP contribution in [0.5, 0.6) is 0 Å². The molecule has 2 aromatic carbocycles. The molecule has 236 valence electrons. The molecule has 0 saturated heterocycles. The van der Waals surface area contributed by atoms with E-state index in [4.69, 9.17) is 9.47 Å². The molecule has 2 aromatic rings. The molecule has 4 nitrogen and oxygen atoms in total. The van der Waals surface area contributed by atoms with Crippen molar-refractivity contribution in [2.24, 2.45) is 46.3 Å². The van der Waals surface area contributed by atoms with Gasteiger partial charge in [0.2, 0.25) is 0 Å². The van der Waals surface area contributed by atoms with Crippen molar-refractivity contribution in [1.82, 2.24) is 0 Å². The summed E-state index contributed by atoms with van der Waals surface area (Å²) in [6.07, 6.45) is 12.4. The van der Waals surface area contributed by atoms with Crippen LogP contribution in [-0.4, -0.2) is 24.1 Å². The minimum Gasteiger partial charge on any atom is -0.463 e. The molecule has 4 fully saturated rings. The van der Waals surface area contributed by atoms with Gasteiger partial charge >= 0.3 is 11.9 Å². The van der Waals surface area contributed by atoms with Gasteiger partial charge in [0.15, 0.2) is 0 Å². The number of allylic oxidation sites excluding steroid dienone is 1. The Morgan fingerprint density at radius 2 is 1.45 bits per heavy atom. The van der Waals surface area contributed by atoms with E-state index in [9.17, 15) is 9.59 Å². The minimum absolute atomic E-state index is 0.0160. The Hall–Kier alpha value is -2.88. The summed E-state index contributed by atoms with van der Waals surface area (Å²) in [4.78, 5) is 24.4. The van der Waals surface area contributed by atoms with Gasteiger partial charge in [0.05, 0.1) is 0 Å². The largest absolute Gasteiger partial charge is 0.463 e. The Labute approximate surface area is 265 Å². The van der Waals surface area contributed by atoms with Crippen molar-refractivity contribution in [2.75, 3.05) is 0 Å². The molecule has 10 atom stereocenters. The fourth-order valence-electron chi connectivity index (χ4n) is 10.9. The predicted octanol–water partition coefficient (Wildman–Crippen LogP) is 9.28. The summed E-state index contributed by atoms with van der Waals surface area (Å²) in [6, 6.07) is 21.5. The van der Waals surface area contributed by atoms with Crippen LogP contribution < -0.4 is 0 Å². The maximum absolute atomic E-state index is 12.6. The lowest BCUT2D eigenvalue weighted by molar-refractivity contribution is -0.197. The highest BCUT2D eigenvalue weighted by molar-refractivity contribution is 5.79. The van der Waals surface area contributed by atoms with E-state index in [1.54, 1.807) is 6.92 Å². The average molecular weight is 597 g/mol. The zero-order valence-corrected chi connectivity index (χ0v) is 27.5. The number of carbonyl (C=O) groups is 2. The molecule has 4 heteroatoms. The van der Waals surface area contributed by atoms with Gasteiger partial charge in [0, 0.05) is 19.3 Å². The third-order valence-corrected chi connectivity index (χ3v) is 13.0. The topological polar surface area (TPSA) is 52.6 Å². The Kier molecular flexibility index (Phi) is 8.83. The Balaban J connectivity index is 1.26. The second kappa shape index (κ2) is 12.5. The van der Waals surface area contributed by atoms with Crippen molar-refractivity contribution in [3.8, 4) is 0 Å². The van der Waals surface area contributed by atoms with Crippen molar-refractivity contribution in [3.05, 3.63) is 77.9 Å². The lowest BCUT2D eigenvalue weighted by atomic mass is 9.43. The number of rotatable bonds is 7. The SMILES string of the molecule is CC(=O)OC1CC[C@@]2(C)C(CC[C@H]3[C@@H]4CC[C@H]([C@H](C)CC=C(c5ccccc5)c5ccccc5)[C@@]4(C)C(OC(C)=O)C[C@@H]32)C1. The molecule has 3 unspecified atom stereocenters. The minimum atomic E-state index is -0.156. The summed E-state index contributed by atoms with van der Waals surface area (Å²) < 4.78 is 12.1. The van der Waals surface area contributed by atoms with E-state index in [2.05, 4.69) is 87.5 Å². The van der Waals surface area contributed by atoms with Gasteiger partial charge in [-0.3, -0.25) is 9.59 Å². The predicted molar refractivity (Wildman–Crippen MR) is 175 cm³/mol. The molecular weight excluding hydrogens is 544 g/mol. The first kappa shape index (κ1) is 31.1. The van der Waals surface area contributed by atoms with Crippen LogP contribution in [0.4, 0.5) is 0 Å². The summed E-state index contributed by atoms with van der Waals surface area (Å²) in [5.41, 5.74) is 4.01. The molecule has 0 bridgehead atoms. The third-order valence-electron chi connectivity index (χ3n) is 13.0. The van der Waals surface area contributed by atoms with Crippen LogP contribution in [0.1, 0.15) is 104 Å². The highest BCUT2D eigenvalue weighted by Crippen LogP contribution is 2.69. The number of hydrogen-bond donors (Lipinski definition) is 0. The van der Waals surface area contributed by atoms with E-state index in [0.29, 0.717) is 35.5 Å². The zero-order valence-electron chi connectivity index (χ0n) is 27.5. The number of esters is 2. The van der Waals surface area contributed by atoms with E-state index in [0.717, 1.165) is 32.1 Å². The maximum atomic E-state index is 12.6. The molecule has 6 rings (SSSR count). The highest BCUT2D eigenvalue weighted by Gasteiger charge is 2.65. The van der Waals surface area contributed by atoms with Crippen LogP contribution in [0, 0.1) is 46.3 Å². The number of carbonyl (C=O) groups excluding carboxylic acids is 2. The van der Waals surface area contributed by atoms with Crippen LogP contribution in [0.2, 0.25) is 0 Å². The Morgan fingerprint density at radius 1 is 0.818 bits per heavy atom. The molecule has 0 aliphatic heterocycles. The van der Waals surface area contributed by atoms with Crippen molar-refractivity contribution < 1.29 is 19.1 Å². The van der Waals surface area contributed by atoms with E-state index in [1.165, 1.54) is 49.3 Å². The van der Waals surface area contributed by atoms with Gasteiger partial charge in [-0.05, 0) is 115 Å². The number of benzene rings is 2. The average Bonchev–Trinajstić information content (AvgIpc) is 3.37. The fourth-order valence-corrected chi connectivity index (χ4v) is 10.9. The summed E-state index contributed by atoms with van der Waals surface area (Å²) in [5.74, 6) is 3.07. The molecule has 0 aromatic heterocycles. The lowest BCUT2D eigenvalue weighted by Gasteiger charge is -2.62. The number of fused-ring (bicyclic) bond motifs is 5.